The minimum absolute atomic E-state index is 0.139. The van der Waals surface area contributed by atoms with Crippen LogP contribution in [0.5, 0.6) is 11.5 Å². The lowest BCUT2D eigenvalue weighted by molar-refractivity contribution is -0.140. The van der Waals surface area contributed by atoms with Crippen LogP contribution in [0.25, 0.3) is 0 Å². The summed E-state index contributed by atoms with van der Waals surface area (Å²) in [5, 5.41) is 19.7. The Balaban J connectivity index is 1.38. The van der Waals surface area contributed by atoms with Gasteiger partial charge >= 0.3 is 0 Å². The summed E-state index contributed by atoms with van der Waals surface area (Å²) >= 11 is 0. The number of benzene rings is 2. The van der Waals surface area contributed by atoms with E-state index in [1.807, 2.05) is 12.1 Å². The van der Waals surface area contributed by atoms with Crippen molar-refractivity contribution >= 4 is 23.4 Å². The lowest BCUT2D eigenvalue weighted by Crippen LogP contribution is -2.40. The van der Waals surface area contributed by atoms with Crippen molar-refractivity contribution < 1.29 is 29.4 Å². The summed E-state index contributed by atoms with van der Waals surface area (Å²) in [6.45, 7) is 3.65. The number of Topliss-reactive ketones (excluding diaryl/α,β-unsaturated/α-hetero) is 1. The average Bonchev–Trinajstić information content (AvgIpc) is 3.16. The number of aryl methyl sites for hydroxylation is 1. The first kappa shape index (κ1) is 25.0. The molecule has 0 radical (unpaired) electrons. The molecule has 1 heterocycles. The van der Waals surface area contributed by atoms with Gasteiger partial charge in [0.05, 0.1) is 11.8 Å². The number of carbonyl (C=O) groups excluding carboxylic acids is 4. The third-order valence-electron chi connectivity index (χ3n) is 8.77. The van der Waals surface area contributed by atoms with E-state index in [9.17, 15) is 29.4 Å². The quantitative estimate of drug-likeness (QED) is 0.355. The molecule has 2 amide bonds. The van der Waals surface area contributed by atoms with Gasteiger partial charge in [-0.15, -0.1) is 0 Å². The number of imide groups is 1. The molecule has 6 rings (SSSR count). The first-order valence-electron chi connectivity index (χ1n) is 13.3. The topological polar surface area (TPSA) is 112 Å². The largest absolute Gasteiger partial charge is 0.508 e. The Bertz CT molecular complexity index is 1540. The molecule has 4 atom stereocenters. The number of nitrogens with zero attached hydrogens (tertiary/aromatic N) is 1. The van der Waals surface area contributed by atoms with Gasteiger partial charge in [0.1, 0.15) is 11.5 Å². The van der Waals surface area contributed by atoms with Crippen molar-refractivity contribution in [1.82, 2.24) is 4.90 Å². The highest BCUT2D eigenvalue weighted by atomic mass is 16.3. The number of rotatable bonds is 4. The number of hydrogen-bond acceptors (Lipinski definition) is 6. The van der Waals surface area contributed by atoms with Crippen LogP contribution in [0.1, 0.15) is 42.4 Å². The molecule has 0 aromatic heterocycles. The number of fused-ring (bicyclic) bond motifs is 3. The number of hydrogen-bond donors (Lipinski definition) is 2. The number of phenols is 2. The fraction of sp³-hybridized carbons (Fsp3) is 0.312. The van der Waals surface area contributed by atoms with Crippen molar-refractivity contribution in [3.05, 3.63) is 93.6 Å². The molecule has 39 heavy (non-hydrogen) atoms. The summed E-state index contributed by atoms with van der Waals surface area (Å²) in [7, 11) is 0. The summed E-state index contributed by atoms with van der Waals surface area (Å²) in [6, 6.07) is 11.9. The highest BCUT2D eigenvalue weighted by Gasteiger charge is 2.56. The monoisotopic (exact) mass is 523 g/mol. The van der Waals surface area contributed by atoms with Gasteiger partial charge in [-0.3, -0.25) is 24.1 Å². The van der Waals surface area contributed by atoms with E-state index in [2.05, 4.69) is 0 Å². The second kappa shape index (κ2) is 9.19. The number of phenolic OH excluding ortho intramolecular Hbond substituents is 2. The van der Waals surface area contributed by atoms with E-state index in [0.29, 0.717) is 35.1 Å². The molecule has 2 aromatic rings. The first-order valence-corrected chi connectivity index (χ1v) is 13.3. The van der Waals surface area contributed by atoms with Crippen molar-refractivity contribution in [2.24, 2.45) is 17.8 Å². The van der Waals surface area contributed by atoms with Crippen LogP contribution in [0, 0.1) is 24.7 Å². The van der Waals surface area contributed by atoms with Crippen LogP contribution < -0.4 is 0 Å². The van der Waals surface area contributed by atoms with Gasteiger partial charge in [-0.25, -0.2) is 0 Å². The molecule has 4 unspecified atom stereocenters. The second-order valence-electron chi connectivity index (χ2n) is 11.0. The molecule has 4 aliphatic rings. The minimum atomic E-state index is -0.596. The molecule has 0 spiro atoms. The van der Waals surface area contributed by atoms with Crippen molar-refractivity contribution in [2.45, 2.75) is 39.0 Å². The number of aromatic hydroxyl groups is 2. The Hall–Kier alpha value is -4.26. The van der Waals surface area contributed by atoms with Crippen molar-refractivity contribution in [3.63, 3.8) is 0 Å². The molecule has 1 fully saturated rings. The number of carbonyl (C=O) groups is 4. The molecule has 7 heteroatoms. The fourth-order valence-electron chi connectivity index (χ4n) is 6.81. The highest BCUT2D eigenvalue weighted by Crippen LogP contribution is 2.55. The summed E-state index contributed by atoms with van der Waals surface area (Å²) in [5.74, 6) is -2.52. The molecule has 0 bridgehead atoms. The van der Waals surface area contributed by atoms with Gasteiger partial charge in [0, 0.05) is 29.2 Å². The zero-order valence-corrected chi connectivity index (χ0v) is 21.8. The summed E-state index contributed by atoms with van der Waals surface area (Å²) in [4.78, 5) is 55.3. The SMILES string of the molecule is CC1=CC(=O)C2=C(CC3C(=CCC4C(=O)N(CCc5ccc(O)cc5)C(=O)C43)C2c2ccc(O)c(C)c2)C1=O. The molecule has 7 nitrogen and oxygen atoms in total. The smallest absolute Gasteiger partial charge is 0.233 e. The predicted molar refractivity (Wildman–Crippen MR) is 143 cm³/mol. The zero-order valence-electron chi connectivity index (χ0n) is 21.8. The van der Waals surface area contributed by atoms with E-state index in [1.54, 1.807) is 50.2 Å². The van der Waals surface area contributed by atoms with Crippen molar-refractivity contribution in [3.8, 4) is 11.5 Å². The first-order chi connectivity index (χ1) is 18.7. The van der Waals surface area contributed by atoms with Crippen LogP contribution in [0.2, 0.25) is 0 Å². The summed E-state index contributed by atoms with van der Waals surface area (Å²) < 4.78 is 0. The highest BCUT2D eigenvalue weighted by molar-refractivity contribution is 6.23. The van der Waals surface area contributed by atoms with Crippen molar-refractivity contribution in [1.29, 1.82) is 0 Å². The van der Waals surface area contributed by atoms with Crippen LogP contribution in [0.4, 0.5) is 0 Å². The summed E-state index contributed by atoms with van der Waals surface area (Å²) in [5.41, 5.74) is 4.49. The number of allylic oxidation sites excluding steroid dienone is 6. The Labute approximate surface area is 226 Å². The van der Waals surface area contributed by atoms with Gasteiger partial charge in [-0.1, -0.05) is 35.9 Å². The van der Waals surface area contributed by atoms with Gasteiger partial charge in [0.15, 0.2) is 11.6 Å². The van der Waals surface area contributed by atoms with E-state index in [4.69, 9.17) is 0 Å². The van der Waals surface area contributed by atoms with E-state index >= 15 is 0 Å². The molecular weight excluding hydrogens is 494 g/mol. The number of likely N-dealkylation sites (tertiary alicyclic amines) is 1. The maximum atomic E-state index is 13.8. The van der Waals surface area contributed by atoms with Gasteiger partial charge in [-0.2, -0.15) is 0 Å². The maximum absolute atomic E-state index is 13.8. The van der Waals surface area contributed by atoms with Crippen molar-refractivity contribution in [2.75, 3.05) is 6.54 Å². The van der Waals surface area contributed by atoms with Gasteiger partial charge in [0.2, 0.25) is 11.8 Å². The molecule has 1 saturated heterocycles. The lowest BCUT2D eigenvalue weighted by atomic mass is 9.59. The molecule has 0 saturated carbocycles. The van der Waals surface area contributed by atoms with E-state index in [1.165, 1.54) is 11.0 Å². The van der Waals surface area contributed by atoms with E-state index in [0.717, 1.165) is 16.7 Å². The molecule has 1 aliphatic heterocycles. The van der Waals surface area contributed by atoms with Gasteiger partial charge in [0.25, 0.3) is 0 Å². The Kier molecular flexibility index (Phi) is 5.90. The Morgan fingerprint density at radius 3 is 2.38 bits per heavy atom. The van der Waals surface area contributed by atoms with E-state index < -0.39 is 17.8 Å². The Morgan fingerprint density at radius 2 is 1.67 bits per heavy atom. The molecule has 198 valence electrons. The Morgan fingerprint density at radius 1 is 0.923 bits per heavy atom. The maximum Gasteiger partial charge on any atom is 0.233 e. The third-order valence-corrected chi connectivity index (χ3v) is 8.77. The van der Waals surface area contributed by atoms with Crippen LogP contribution in [-0.2, 0) is 25.6 Å². The van der Waals surface area contributed by atoms with Gasteiger partial charge in [-0.05, 0) is 80.0 Å². The average molecular weight is 524 g/mol. The van der Waals surface area contributed by atoms with Crippen LogP contribution in [0.15, 0.2) is 76.9 Å². The summed E-state index contributed by atoms with van der Waals surface area (Å²) in [6.07, 6.45) is 4.51. The zero-order chi connectivity index (χ0) is 27.6. The molecule has 2 N–H and O–H groups in total. The number of ketones is 2. The van der Waals surface area contributed by atoms with Crippen LogP contribution in [0.3, 0.4) is 0 Å². The minimum Gasteiger partial charge on any atom is -0.508 e. The van der Waals surface area contributed by atoms with Crippen LogP contribution in [-0.4, -0.2) is 45.0 Å². The van der Waals surface area contributed by atoms with Gasteiger partial charge < -0.3 is 10.2 Å². The second-order valence-corrected chi connectivity index (χ2v) is 11.0. The molecule has 3 aliphatic carbocycles. The third kappa shape index (κ3) is 3.95. The lowest BCUT2D eigenvalue weighted by Gasteiger charge is -2.42. The van der Waals surface area contributed by atoms with E-state index in [-0.39, 0.29) is 53.8 Å². The normalized spacial score (nSPS) is 26.3. The van der Waals surface area contributed by atoms with Crippen LogP contribution >= 0.6 is 0 Å². The standard InChI is InChI=1S/C32H29NO6/c1-16-13-19(5-10-25(16)35)27-21-8-9-22-28(23(21)15-24-29(27)26(36)14-17(2)30(24)37)32(39)33(31(22)38)12-11-18-3-6-20(34)7-4-18/h3-8,10,13-14,22-23,27-28,34-35H,9,11-12,15H2,1-2H3. The number of amides is 2. The molecular formula is C32H29NO6. The fourth-order valence-corrected chi connectivity index (χ4v) is 6.81. The molecule has 2 aromatic carbocycles. The predicted octanol–water partition coefficient (Wildman–Crippen LogP) is 4.08.